The van der Waals surface area contributed by atoms with Crippen molar-refractivity contribution in [2.75, 3.05) is 19.0 Å². The van der Waals surface area contributed by atoms with E-state index < -0.39 is 6.04 Å². The fourth-order valence-corrected chi connectivity index (χ4v) is 1.73. The molecule has 0 heterocycles. The van der Waals surface area contributed by atoms with Gasteiger partial charge in [0.1, 0.15) is 0 Å². The van der Waals surface area contributed by atoms with Crippen molar-refractivity contribution in [1.82, 2.24) is 0 Å². The largest absolute Gasteiger partial charge is 0.385 e. The highest BCUT2D eigenvalue weighted by Gasteiger charge is 2.14. The molecule has 1 unspecified atom stereocenters. The fraction of sp³-hybridized carbons (Fsp3) is 0.417. The van der Waals surface area contributed by atoms with Crippen molar-refractivity contribution in [3.8, 4) is 0 Å². The van der Waals surface area contributed by atoms with E-state index >= 15 is 0 Å². The molecule has 1 amide bonds. The minimum absolute atomic E-state index is 0.282. The molecule has 0 saturated heterocycles. The predicted molar refractivity (Wildman–Crippen MR) is 74.2 cm³/mol. The Bertz CT molecular complexity index is 413. The molecular weight excluding hydrogens is 275 g/mol. The summed E-state index contributed by atoms with van der Waals surface area (Å²) in [7, 11) is 1.61. The van der Waals surface area contributed by atoms with Crippen LogP contribution in [-0.4, -0.2) is 25.7 Å². The number of anilines is 1. The number of carbonyl (C=O) groups excluding carboxylic acids is 1. The standard InChI is InChI=1S/C12H16Cl2N2O2/c1-18-6-2-3-10(15)12(17)16-11-7-8(13)4-5-9(11)14/h4-5,7,10H,2-3,6,15H2,1H3,(H,16,17). The number of ether oxygens (including phenoxy) is 1. The minimum atomic E-state index is -0.588. The van der Waals surface area contributed by atoms with Gasteiger partial charge in [0.05, 0.1) is 16.8 Å². The Kier molecular flexibility index (Phi) is 6.43. The Morgan fingerprint density at radius 2 is 2.22 bits per heavy atom. The van der Waals surface area contributed by atoms with E-state index in [4.69, 9.17) is 33.7 Å². The average molecular weight is 291 g/mol. The van der Waals surface area contributed by atoms with Crippen LogP contribution < -0.4 is 11.1 Å². The van der Waals surface area contributed by atoms with Gasteiger partial charge in [-0.15, -0.1) is 0 Å². The second-order valence-electron chi connectivity index (χ2n) is 3.85. The van der Waals surface area contributed by atoms with Gasteiger partial charge in [-0.05, 0) is 31.0 Å². The molecule has 0 spiro atoms. The fourth-order valence-electron chi connectivity index (χ4n) is 1.40. The van der Waals surface area contributed by atoms with Crippen LogP contribution in [0.1, 0.15) is 12.8 Å². The quantitative estimate of drug-likeness (QED) is 0.792. The van der Waals surface area contributed by atoms with Crippen LogP contribution >= 0.6 is 23.2 Å². The third-order valence-electron chi connectivity index (χ3n) is 2.39. The number of hydrogen-bond donors (Lipinski definition) is 2. The van der Waals surface area contributed by atoms with Gasteiger partial charge in [-0.25, -0.2) is 0 Å². The summed E-state index contributed by atoms with van der Waals surface area (Å²) >= 11 is 11.8. The van der Waals surface area contributed by atoms with Gasteiger partial charge >= 0.3 is 0 Å². The van der Waals surface area contributed by atoms with Crippen LogP contribution in [0, 0.1) is 0 Å². The molecule has 6 heteroatoms. The van der Waals surface area contributed by atoms with Crippen LogP contribution in [0.5, 0.6) is 0 Å². The van der Waals surface area contributed by atoms with Crippen molar-refractivity contribution in [3.63, 3.8) is 0 Å². The maximum Gasteiger partial charge on any atom is 0.241 e. The molecule has 1 rings (SSSR count). The molecule has 1 aromatic carbocycles. The van der Waals surface area contributed by atoms with Crippen LogP contribution in [0.2, 0.25) is 10.0 Å². The number of nitrogens with one attached hydrogen (secondary N) is 1. The number of amides is 1. The molecule has 100 valence electrons. The summed E-state index contributed by atoms with van der Waals surface area (Å²) < 4.78 is 4.90. The highest BCUT2D eigenvalue weighted by atomic mass is 35.5. The zero-order valence-corrected chi connectivity index (χ0v) is 11.6. The number of hydrogen-bond acceptors (Lipinski definition) is 3. The van der Waals surface area contributed by atoms with Crippen molar-refractivity contribution in [2.45, 2.75) is 18.9 Å². The highest BCUT2D eigenvalue weighted by molar-refractivity contribution is 6.35. The molecule has 0 aliphatic carbocycles. The third-order valence-corrected chi connectivity index (χ3v) is 2.95. The Morgan fingerprint density at radius 3 is 2.89 bits per heavy atom. The Balaban J connectivity index is 2.55. The van der Waals surface area contributed by atoms with Gasteiger partial charge in [0.15, 0.2) is 0 Å². The van der Waals surface area contributed by atoms with E-state index in [9.17, 15) is 4.79 Å². The molecule has 4 nitrogen and oxygen atoms in total. The number of nitrogens with two attached hydrogens (primary N) is 1. The first-order valence-electron chi connectivity index (χ1n) is 5.55. The smallest absolute Gasteiger partial charge is 0.241 e. The van der Waals surface area contributed by atoms with E-state index in [-0.39, 0.29) is 5.91 Å². The summed E-state index contributed by atoms with van der Waals surface area (Å²) in [5.74, 6) is -0.282. The summed E-state index contributed by atoms with van der Waals surface area (Å²) in [6.45, 7) is 0.582. The first-order chi connectivity index (χ1) is 8.54. The number of rotatable bonds is 6. The van der Waals surface area contributed by atoms with E-state index in [1.807, 2.05) is 0 Å². The molecule has 0 aromatic heterocycles. The number of halogens is 2. The number of benzene rings is 1. The molecule has 0 saturated carbocycles. The molecule has 1 atom stereocenters. The number of carbonyl (C=O) groups is 1. The van der Waals surface area contributed by atoms with Crippen LogP contribution in [-0.2, 0) is 9.53 Å². The van der Waals surface area contributed by atoms with Gasteiger partial charge in [0, 0.05) is 18.7 Å². The molecule has 0 aliphatic rings. The van der Waals surface area contributed by atoms with Crippen LogP contribution in [0.15, 0.2) is 18.2 Å². The highest BCUT2D eigenvalue weighted by Crippen LogP contribution is 2.25. The lowest BCUT2D eigenvalue weighted by atomic mass is 10.1. The van der Waals surface area contributed by atoms with Crippen molar-refractivity contribution >= 4 is 34.8 Å². The van der Waals surface area contributed by atoms with Gasteiger partial charge < -0.3 is 15.8 Å². The molecule has 3 N–H and O–H groups in total. The van der Waals surface area contributed by atoms with Crippen LogP contribution in [0.4, 0.5) is 5.69 Å². The van der Waals surface area contributed by atoms with Crippen molar-refractivity contribution in [3.05, 3.63) is 28.2 Å². The number of methoxy groups -OCH3 is 1. The second kappa shape index (κ2) is 7.59. The zero-order valence-electron chi connectivity index (χ0n) is 10.1. The summed E-state index contributed by atoms with van der Waals surface area (Å²) in [6.07, 6.45) is 1.28. The molecule has 18 heavy (non-hydrogen) atoms. The molecule has 0 radical (unpaired) electrons. The van der Waals surface area contributed by atoms with Gasteiger partial charge in [0.25, 0.3) is 0 Å². The zero-order chi connectivity index (χ0) is 13.5. The SMILES string of the molecule is COCCCC(N)C(=O)Nc1cc(Cl)ccc1Cl. The first kappa shape index (κ1) is 15.2. The summed E-state index contributed by atoms with van der Waals surface area (Å²) in [4.78, 5) is 11.8. The van der Waals surface area contributed by atoms with E-state index in [0.717, 1.165) is 6.42 Å². The predicted octanol–water partition coefficient (Wildman–Crippen LogP) is 2.69. The summed E-state index contributed by atoms with van der Waals surface area (Å²) in [5.41, 5.74) is 6.22. The minimum Gasteiger partial charge on any atom is -0.385 e. The van der Waals surface area contributed by atoms with Crippen molar-refractivity contribution < 1.29 is 9.53 Å². The first-order valence-corrected chi connectivity index (χ1v) is 6.30. The third kappa shape index (κ3) is 4.82. The van der Waals surface area contributed by atoms with E-state index in [1.165, 1.54) is 0 Å². The Labute approximate surface area is 116 Å². The molecular formula is C12H16Cl2N2O2. The maximum absolute atomic E-state index is 11.8. The van der Waals surface area contributed by atoms with Gasteiger partial charge in [-0.1, -0.05) is 23.2 Å². The molecule has 0 aliphatic heterocycles. The molecule has 0 bridgehead atoms. The lowest BCUT2D eigenvalue weighted by molar-refractivity contribution is -0.117. The summed E-state index contributed by atoms with van der Waals surface area (Å²) in [6, 6.07) is 4.27. The summed E-state index contributed by atoms with van der Waals surface area (Å²) in [5, 5.41) is 3.59. The van der Waals surface area contributed by atoms with Gasteiger partial charge in [-0.2, -0.15) is 0 Å². The molecule has 0 fully saturated rings. The molecule has 1 aromatic rings. The van der Waals surface area contributed by atoms with Crippen LogP contribution in [0.25, 0.3) is 0 Å². The lowest BCUT2D eigenvalue weighted by Crippen LogP contribution is -2.35. The van der Waals surface area contributed by atoms with E-state index in [2.05, 4.69) is 5.32 Å². The Morgan fingerprint density at radius 1 is 1.50 bits per heavy atom. The van der Waals surface area contributed by atoms with Gasteiger partial charge in [0.2, 0.25) is 5.91 Å². The second-order valence-corrected chi connectivity index (χ2v) is 4.70. The normalized spacial score (nSPS) is 12.2. The van der Waals surface area contributed by atoms with E-state index in [1.54, 1.807) is 25.3 Å². The monoisotopic (exact) mass is 290 g/mol. The Hall–Kier alpha value is -0.810. The van der Waals surface area contributed by atoms with Crippen molar-refractivity contribution in [2.24, 2.45) is 5.73 Å². The van der Waals surface area contributed by atoms with Gasteiger partial charge in [-0.3, -0.25) is 4.79 Å². The van der Waals surface area contributed by atoms with Crippen LogP contribution in [0.3, 0.4) is 0 Å². The van der Waals surface area contributed by atoms with Crippen molar-refractivity contribution in [1.29, 1.82) is 0 Å². The lowest BCUT2D eigenvalue weighted by Gasteiger charge is -2.13. The topological polar surface area (TPSA) is 64.3 Å². The maximum atomic E-state index is 11.8. The average Bonchev–Trinajstić information content (AvgIpc) is 2.34. The van der Waals surface area contributed by atoms with E-state index in [0.29, 0.717) is 28.8 Å².